The minimum atomic E-state index is -4.29. The standard InChI is InChI=1S/C21H23F3N2/c1-25-11-17-13-26(12-16-9-5-6-10-19(16)21(22,23)24)14-18(17)20(25)15-7-3-2-4-8-15/h2-10,17-18,20H,11-14H2,1H3/t17-,18+,20-/m0/s1. The fourth-order valence-corrected chi connectivity index (χ4v) is 4.81. The van der Waals surface area contributed by atoms with Crippen molar-refractivity contribution in [1.29, 1.82) is 0 Å². The van der Waals surface area contributed by atoms with Gasteiger partial charge >= 0.3 is 6.18 Å². The summed E-state index contributed by atoms with van der Waals surface area (Å²) in [5, 5.41) is 0. The highest BCUT2D eigenvalue weighted by molar-refractivity contribution is 5.30. The molecule has 4 rings (SSSR count). The van der Waals surface area contributed by atoms with Crippen LogP contribution < -0.4 is 0 Å². The molecule has 2 fully saturated rings. The molecule has 0 aromatic heterocycles. The zero-order valence-electron chi connectivity index (χ0n) is 14.8. The second kappa shape index (κ2) is 6.71. The van der Waals surface area contributed by atoms with Crippen molar-refractivity contribution < 1.29 is 13.2 Å². The van der Waals surface area contributed by atoms with Crippen molar-refractivity contribution in [3.63, 3.8) is 0 Å². The molecule has 5 heteroatoms. The van der Waals surface area contributed by atoms with E-state index in [1.165, 1.54) is 17.7 Å². The zero-order chi connectivity index (χ0) is 18.3. The average molecular weight is 360 g/mol. The summed E-state index contributed by atoms with van der Waals surface area (Å²) in [5.41, 5.74) is 1.18. The molecule has 0 aliphatic carbocycles. The molecule has 0 spiro atoms. The van der Waals surface area contributed by atoms with E-state index < -0.39 is 11.7 Å². The summed E-state index contributed by atoms with van der Waals surface area (Å²) in [7, 11) is 2.15. The maximum Gasteiger partial charge on any atom is 0.416 e. The molecule has 2 aromatic carbocycles. The van der Waals surface area contributed by atoms with E-state index in [0.29, 0.717) is 30.0 Å². The second-order valence-corrected chi connectivity index (χ2v) is 7.57. The van der Waals surface area contributed by atoms with Crippen molar-refractivity contribution in [2.24, 2.45) is 11.8 Å². The molecular weight excluding hydrogens is 337 g/mol. The molecule has 0 unspecified atom stereocenters. The number of halogens is 3. The Morgan fingerprint density at radius 3 is 2.35 bits per heavy atom. The molecule has 0 saturated carbocycles. The number of hydrogen-bond donors (Lipinski definition) is 0. The number of alkyl halides is 3. The smallest absolute Gasteiger partial charge is 0.299 e. The van der Waals surface area contributed by atoms with Crippen molar-refractivity contribution >= 4 is 0 Å². The van der Waals surface area contributed by atoms with Crippen molar-refractivity contribution in [2.75, 3.05) is 26.7 Å². The molecule has 0 amide bonds. The van der Waals surface area contributed by atoms with E-state index in [9.17, 15) is 13.2 Å². The van der Waals surface area contributed by atoms with E-state index in [-0.39, 0.29) is 0 Å². The molecule has 0 N–H and O–H groups in total. The third-order valence-corrected chi connectivity index (χ3v) is 5.83. The number of benzene rings is 2. The molecule has 138 valence electrons. The van der Waals surface area contributed by atoms with Crippen molar-refractivity contribution in [1.82, 2.24) is 9.80 Å². The van der Waals surface area contributed by atoms with E-state index in [4.69, 9.17) is 0 Å². The highest BCUT2D eigenvalue weighted by atomic mass is 19.4. The first kappa shape index (κ1) is 17.6. The molecule has 2 nitrogen and oxygen atoms in total. The average Bonchev–Trinajstić information content (AvgIpc) is 3.10. The summed E-state index contributed by atoms with van der Waals surface area (Å²) in [4.78, 5) is 4.59. The monoisotopic (exact) mass is 360 g/mol. The molecule has 2 aromatic rings. The fourth-order valence-electron chi connectivity index (χ4n) is 4.81. The maximum atomic E-state index is 13.3. The molecular formula is C21H23F3N2. The lowest BCUT2D eigenvalue weighted by Crippen LogP contribution is -2.29. The predicted octanol–water partition coefficient (Wildman–Crippen LogP) is 4.44. The molecule has 26 heavy (non-hydrogen) atoms. The lowest BCUT2D eigenvalue weighted by molar-refractivity contribution is -0.138. The first-order valence-electron chi connectivity index (χ1n) is 9.06. The number of rotatable bonds is 3. The maximum absolute atomic E-state index is 13.3. The Hall–Kier alpha value is -1.85. The van der Waals surface area contributed by atoms with Crippen molar-refractivity contribution in [3.05, 3.63) is 71.3 Å². The van der Waals surface area contributed by atoms with Crippen LogP contribution in [-0.4, -0.2) is 36.5 Å². The number of fused-ring (bicyclic) bond motifs is 1. The van der Waals surface area contributed by atoms with Gasteiger partial charge in [0.25, 0.3) is 0 Å². The Balaban J connectivity index is 1.52. The van der Waals surface area contributed by atoms with Crippen LogP contribution in [0.3, 0.4) is 0 Å². The van der Waals surface area contributed by atoms with Crippen LogP contribution in [0.4, 0.5) is 13.2 Å². The van der Waals surface area contributed by atoms with Crippen LogP contribution in [0.25, 0.3) is 0 Å². The Kier molecular flexibility index (Phi) is 4.53. The normalized spacial score (nSPS) is 27.0. The van der Waals surface area contributed by atoms with Gasteiger partial charge in [0.15, 0.2) is 0 Å². The van der Waals surface area contributed by atoms with Crippen LogP contribution in [-0.2, 0) is 12.7 Å². The van der Waals surface area contributed by atoms with E-state index in [1.54, 1.807) is 12.1 Å². The minimum absolute atomic E-state index is 0.351. The van der Waals surface area contributed by atoms with Gasteiger partial charge in [-0.2, -0.15) is 13.2 Å². The van der Waals surface area contributed by atoms with Crippen LogP contribution in [0.5, 0.6) is 0 Å². The number of hydrogen-bond acceptors (Lipinski definition) is 2. The van der Waals surface area contributed by atoms with E-state index in [0.717, 1.165) is 19.6 Å². The fraction of sp³-hybridized carbons (Fsp3) is 0.429. The lowest BCUT2D eigenvalue weighted by Gasteiger charge is -2.27. The number of likely N-dealkylation sites (tertiary alicyclic amines) is 2. The van der Waals surface area contributed by atoms with Gasteiger partial charge < -0.3 is 0 Å². The van der Waals surface area contributed by atoms with Gasteiger partial charge in [-0.3, -0.25) is 9.80 Å². The molecule has 2 saturated heterocycles. The van der Waals surface area contributed by atoms with Gasteiger partial charge in [0.2, 0.25) is 0 Å². The van der Waals surface area contributed by atoms with Gasteiger partial charge in [-0.15, -0.1) is 0 Å². The molecule has 0 radical (unpaired) electrons. The summed E-state index contributed by atoms with van der Waals surface area (Å²) in [6.07, 6.45) is -4.29. The topological polar surface area (TPSA) is 6.48 Å². The SMILES string of the molecule is CN1C[C@H]2CN(Cc3ccccc3C(F)(F)F)C[C@H]2[C@@H]1c1ccccc1. The van der Waals surface area contributed by atoms with Crippen molar-refractivity contribution in [2.45, 2.75) is 18.8 Å². The first-order chi connectivity index (χ1) is 12.4. The predicted molar refractivity (Wildman–Crippen MR) is 95.5 cm³/mol. The minimum Gasteiger partial charge on any atom is -0.299 e. The van der Waals surface area contributed by atoms with Crippen LogP contribution in [0, 0.1) is 11.8 Å². The third-order valence-electron chi connectivity index (χ3n) is 5.83. The van der Waals surface area contributed by atoms with Crippen LogP contribution in [0.2, 0.25) is 0 Å². The van der Waals surface area contributed by atoms with Gasteiger partial charge in [0.1, 0.15) is 0 Å². The molecule has 2 heterocycles. The third kappa shape index (κ3) is 3.26. The Bertz CT molecular complexity index is 759. The molecule has 2 aliphatic rings. The van der Waals surface area contributed by atoms with Gasteiger partial charge in [-0.25, -0.2) is 0 Å². The summed E-state index contributed by atoms with van der Waals surface area (Å²) in [6, 6.07) is 16.8. The van der Waals surface area contributed by atoms with Gasteiger partial charge in [0, 0.05) is 32.2 Å². The van der Waals surface area contributed by atoms with E-state index in [1.807, 2.05) is 6.07 Å². The summed E-state index contributed by atoms with van der Waals surface area (Å²) >= 11 is 0. The molecule has 2 aliphatic heterocycles. The van der Waals surface area contributed by atoms with E-state index >= 15 is 0 Å². The zero-order valence-corrected chi connectivity index (χ0v) is 14.8. The van der Waals surface area contributed by atoms with Gasteiger partial charge in [-0.05, 0) is 36.1 Å². The highest BCUT2D eigenvalue weighted by Crippen LogP contribution is 2.44. The lowest BCUT2D eigenvalue weighted by atomic mass is 9.90. The molecule has 0 bridgehead atoms. The van der Waals surface area contributed by atoms with Crippen LogP contribution >= 0.6 is 0 Å². The van der Waals surface area contributed by atoms with Crippen LogP contribution in [0.15, 0.2) is 54.6 Å². The highest BCUT2D eigenvalue weighted by Gasteiger charge is 2.46. The first-order valence-corrected chi connectivity index (χ1v) is 9.06. The van der Waals surface area contributed by atoms with Gasteiger partial charge in [0.05, 0.1) is 5.56 Å². The van der Waals surface area contributed by atoms with Crippen LogP contribution in [0.1, 0.15) is 22.7 Å². The second-order valence-electron chi connectivity index (χ2n) is 7.57. The van der Waals surface area contributed by atoms with Crippen molar-refractivity contribution in [3.8, 4) is 0 Å². The van der Waals surface area contributed by atoms with Gasteiger partial charge in [-0.1, -0.05) is 48.5 Å². The Morgan fingerprint density at radius 1 is 0.923 bits per heavy atom. The summed E-state index contributed by atoms with van der Waals surface area (Å²) < 4.78 is 39.8. The van der Waals surface area contributed by atoms with E-state index in [2.05, 4.69) is 41.1 Å². The number of nitrogens with zero attached hydrogens (tertiary/aromatic N) is 2. The molecule has 3 atom stereocenters. The Morgan fingerprint density at radius 2 is 1.62 bits per heavy atom. The summed E-state index contributed by atoms with van der Waals surface area (Å²) in [5.74, 6) is 0.990. The summed E-state index contributed by atoms with van der Waals surface area (Å²) in [6.45, 7) is 3.08. The largest absolute Gasteiger partial charge is 0.416 e. The quantitative estimate of drug-likeness (QED) is 0.798. The Labute approximate surface area is 152 Å².